The summed E-state index contributed by atoms with van der Waals surface area (Å²) in [6.07, 6.45) is 6.29. The van der Waals surface area contributed by atoms with Crippen LogP contribution in [0.4, 0.5) is 5.69 Å². The van der Waals surface area contributed by atoms with Gasteiger partial charge < -0.3 is 14.4 Å². The molecule has 138 valence electrons. The lowest BCUT2D eigenvalue weighted by Gasteiger charge is -2.22. The average molecular weight is 355 g/mol. The Bertz CT molecular complexity index is 741. The summed E-state index contributed by atoms with van der Waals surface area (Å²) in [7, 11) is 0. The van der Waals surface area contributed by atoms with Crippen LogP contribution in [0.5, 0.6) is 0 Å². The van der Waals surface area contributed by atoms with Crippen LogP contribution in [0.25, 0.3) is 0 Å². The number of anilines is 1. The summed E-state index contributed by atoms with van der Waals surface area (Å²) in [5.41, 5.74) is 1.39. The summed E-state index contributed by atoms with van der Waals surface area (Å²) >= 11 is 0. The van der Waals surface area contributed by atoms with Gasteiger partial charge in [0.1, 0.15) is 11.5 Å². The van der Waals surface area contributed by atoms with Crippen molar-refractivity contribution in [1.82, 2.24) is 0 Å². The molecule has 2 saturated heterocycles. The SMILES string of the molecule is CCCCOC(=O)[C@H]1[C@H]2C(=O)N(c3ccc(CC)cc3)C[C@]23C=C[C@H]1O3. The van der Waals surface area contributed by atoms with Crippen LogP contribution < -0.4 is 4.90 Å². The molecule has 0 radical (unpaired) electrons. The number of amides is 1. The Morgan fingerprint density at radius 2 is 2.08 bits per heavy atom. The predicted octanol–water partition coefficient (Wildman–Crippen LogP) is 2.88. The third-order valence-corrected chi connectivity index (χ3v) is 5.77. The van der Waals surface area contributed by atoms with E-state index < -0.39 is 17.4 Å². The number of fused-ring (bicyclic) bond motifs is 1. The van der Waals surface area contributed by atoms with Gasteiger partial charge in [0.2, 0.25) is 5.91 Å². The van der Waals surface area contributed by atoms with Crippen LogP contribution in [-0.2, 0) is 25.5 Å². The molecule has 1 aromatic carbocycles. The molecule has 1 aromatic rings. The van der Waals surface area contributed by atoms with E-state index in [1.165, 1.54) is 5.56 Å². The second-order valence-electron chi connectivity index (χ2n) is 7.37. The molecule has 0 aliphatic carbocycles. The molecule has 26 heavy (non-hydrogen) atoms. The zero-order chi connectivity index (χ0) is 18.3. The van der Waals surface area contributed by atoms with E-state index in [-0.39, 0.29) is 18.0 Å². The van der Waals surface area contributed by atoms with E-state index in [4.69, 9.17) is 9.47 Å². The molecule has 1 spiro atoms. The molecule has 3 aliphatic rings. The van der Waals surface area contributed by atoms with Crippen molar-refractivity contribution in [1.29, 1.82) is 0 Å². The summed E-state index contributed by atoms with van der Waals surface area (Å²) in [4.78, 5) is 27.5. The number of carbonyl (C=O) groups excluding carboxylic acids is 2. The zero-order valence-electron chi connectivity index (χ0n) is 15.3. The standard InChI is InChI=1S/C21H25NO4/c1-3-5-12-25-20(24)17-16-10-11-21(26-16)13-22(19(23)18(17)21)15-8-6-14(4-2)7-9-15/h6-11,16-18H,3-5,12-13H2,1-2H3/t16-,17-,18+,21-/m1/s1. The fourth-order valence-electron chi connectivity index (χ4n) is 4.31. The third kappa shape index (κ3) is 2.57. The number of rotatable bonds is 6. The van der Waals surface area contributed by atoms with E-state index in [0.29, 0.717) is 13.2 Å². The number of benzene rings is 1. The maximum absolute atomic E-state index is 13.2. The molecule has 0 saturated carbocycles. The molecule has 1 amide bonds. The van der Waals surface area contributed by atoms with Crippen LogP contribution in [0.15, 0.2) is 36.4 Å². The third-order valence-electron chi connectivity index (χ3n) is 5.77. The van der Waals surface area contributed by atoms with Crippen molar-refractivity contribution in [3.05, 3.63) is 42.0 Å². The number of hydrogen-bond acceptors (Lipinski definition) is 4. The van der Waals surface area contributed by atoms with Crippen LogP contribution in [0, 0.1) is 11.8 Å². The Hall–Kier alpha value is -2.14. The molecule has 2 bridgehead atoms. The quantitative estimate of drug-likeness (QED) is 0.447. The van der Waals surface area contributed by atoms with Gasteiger partial charge in [-0.3, -0.25) is 9.59 Å². The zero-order valence-corrected chi connectivity index (χ0v) is 15.3. The highest BCUT2D eigenvalue weighted by atomic mass is 16.6. The summed E-state index contributed by atoms with van der Waals surface area (Å²) in [5.74, 6) is -1.38. The monoisotopic (exact) mass is 355 g/mol. The van der Waals surface area contributed by atoms with Gasteiger partial charge in [-0.25, -0.2) is 0 Å². The van der Waals surface area contributed by atoms with Gasteiger partial charge in [0.25, 0.3) is 0 Å². The minimum atomic E-state index is -0.695. The second-order valence-corrected chi connectivity index (χ2v) is 7.37. The Balaban J connectivity index is 1.57. The average Bonchev–Trinajstić information content (AvgIpc) is 3.30. The minimum Gasteiger partial charge on any atom is -0.465 e. The predicted molar refractivity (Wildman–Crippen MR) is 97.8 cm³/mol. The number of carbonyl (C=O) groups is 2. The van der Waals surface area contributed by atoms with Gasteiger partial charge in [-0.1, -0.05) is 44.6 Å². The lowest BCUT2D eigenvalue weighted by Crippen LogP contribution is -2.40. The van der Waals surface area contributed by atoms with Crippen LogP contribution in [0.3, 0.4) is 0 Å². The maximum Gasteiger partial charge on any atom is 0.312 e. The Morgan fingerprint density at radius 3 is 2.77 bits per heavy atom. The minimum absolute atomic E-state index is 0.0430. The van der Waals surface area contributed by atoms with E-state index in [0.717, 1.165) is 24.9 Å². The number of ether oxygens (including phenoxy) is 2. The highest BCUT2D eigenvalue weighted by Crippen LogP contribution is 2.52. The first-order chi connectivity index (χ1) is 12.6. The molecule has 5 heteroatoms. The molecule has 4 atom stereocenters. The molecular formula is C21H25NO4. The molecule has 3 heterocycles. The van der Waals surface area contributed by atoms with Crippen molar-refractivity contribution in [3.63, 3.8) is 0 Å². The van der Waals surface area contributed by atoms with Crippen molar-refractivity contribution in [2.45, 2.75) is 44.8 Å². The molecule has 2 fully saturated rings. The second kappa shape index (κ2) is 6.54. The highest BCUT2D eigenvalue weighted by molar-refractivity contribution is 6.02. The fourth-order valence-corrected chi connectivity index (χ4v) is 4.31. The first-order valence-electron chi connectivity index (χ1n) is 9.54. The number of esters is 1. The van der Waals surface area contributed by atoms with Crippen molar-refractivity contribution in [2.75, 3.05) is 18.1 Å². The Kier molecular flexibility index (Phi) is 4.35. The van der Waals surface area contributed by atoms with Crippen molar-refractivity contribution in [2.24, 2.45) is 11.8 Å². The van der Waals surface area contributed by atoms with Crippen LogP contribution in [0.2, 0.25) is 0 Å². The van der Waals surface area contributed by atoms with Crippen molar-refractivity contribution < 1.29 is 19.1 Å². The van der Waals surface area contributed by atoms with E-state index in [1.807, 2.05) is 43.3 Å². The number of unbranched alkanes of at least 4 members (excludes halogenated alkanes) is 1. The van der Waals surface area contributed by atoms with Crippen LogP contribution >= 0.6 is 0 Å². The first-order valence-corrected chi connectivity index (χ1v) is 9.54. The summed E-state index contributed by atoms with van der Waals surface area (Å²) < 4.78 is 11.5. The molecule has 3 aliphatic heterocycles. The highest BCUT2D eigenvalue weighted by Gasteiger charge is 2.67. The number of nitrogens with zero attached hydrogens (tertiary/aromatic N) is 1. The van der Waals surface area contributed by atoms with Gasteiger partial charge in [-0.05, 0) is 30.5 Å². The lowest BCUT2D eigenvalue weighted by atomic mass is 9.77. The van der Waals surface area contributed by atoms with Crippen molar-refractivity contribution in [3.8, 4) is 0 Å². The summed E-state index contributed by atoms with van der Waals surface area (Å²) in [6, 6.07) is 8.02. The Morgan fingerprint density at radius 1 is 1.31 bits per heavy atom. The van der Waals surface area contributed by atoms with Gasteiger partial charge in [0.05, 0.1) is 25.2 Å². The van der Waals surface area contributed by atoms with E-state index in [1.54, 1.807) is 4.90 Å². The van der Waals surface area contributed by atoms with Gasteiger partial charge in [0, 0.05) is 5.69 Å². The van der Waals surface area contributed by atoms with Gasteiger partial charge in [0.15, 0.2) is 0 Å². The van der Waals surface area contributed by atoms with Gasteiger partial charge in [-0.2, -0.15) is 0 Å². The molecule has 0 unspecified atom stereocenters. The molecular weight excluding hydrogens is 330 g/mol. The summed E-state index contributed by atoms with van der Waals surface area (Å²) in [6.45, 7) is 5.01. The Labute approximate surface area is 154 Å². The molecule has 0 aromatic heterocycles. The fraction of sp³-hybridized carbons (Fsp3) is 0.524. The summed E-state index contributed by atoms with van der Waals surface area (Å²) in [5, 5.41) is 0. The lowest BCUT2D eigenvalue weighted by molar-refractivity contribution is -0.152. The smallest absolute Gasteiger partial charge is 0.312 e. The molecule has 5 nitrogen and oxygen atoms in total. The van der Waals surface area contributed by atoms with Gasteiger partial charge >= 0.3 is 5.97 Å². The van der Waals surface area contributed by atoms with E-state index in [2.05, 4.69) is 6.92 Å². The van der Waals surface area contributed by atoms with Crippen molar-refractivity contribution >= 4 is 17.6 Å². The first kappa shape index (κ1) is 17.3. The number of hydrogen-bond donors (Lipinski definition) is 0. The molecule has 4 rings (SSSR count). The topological polar surface area (TPSA) is 55.8 Å². The van der Waals surface area contributed by atoms with E-state index in [9.17, 15) is 9.59 Å². The van der Waals surface area contributed by atoms with Gasteiger partial charge in [-0.15, -0.1) is 0 Å². The largest absolute Gasteiger partial charge is 0.465 e. The van der Waals surface area contributed by atoms with Crippen LogP contribution in [-0.4, -0.2) is 36.7 Å². The number of aryl methyl sites for hydroxylation is 1. The van der Waals surface area contributed by atoms with Crippen LogP contribution in [0.1, 0.15) is 32.3 Å². The molecule has 0 N–H and O–H groups in total. The normalized spacial score (nSPS) is 31.5. The maximum atomic E-state index is 13.2. The van der Waals surface area contributed by atoms with E-state index >= 15 is 0 Å².